The molecule has 0 aliphatic rings. The Bertz CT molecular complexity index is 1040. The predicted molar refractivity (Wildman–Crippen MR) is 120 cm³/mol. The number of carbonyl (C=O) groups is 1. The fraction of sp³-hybridized carbons (Fsp3) is 0.348. The van der Waals surface area contributed by atoms with E-state index in [0.29, 0.717) is 36.8 Å². The van der Waals surface area contributed by atoms with Crippen LogP contribution in [0.5, 0.6) is 5.75 Å². The van der Waals surface area contributed by atoms with Crippen molar-refractivity contribution in [1.82, 2.24) is 4.98 Å². The minimum atomic E-state index is -1.15. The number of aromatic nitrogens is 1. The monoisotopic (exact) mass is 442 g/mol. The summed E-state index contributed by atoms with van der Waals surface area (Å²) in [5.41, 5.74) is 1.01. The lowest BCUT2D eigenvalue weighted by atomic mass is 9.80. The van der Waals surface area contributed by atoms with Crippen molar-refractivity contribution in [3.63, 3.8) is 0 Å². The van der Waals surface area contributed by atoms with Crippen molar-refractivity contribution < 1.29 is 23.9 Å². The highest BCUT2D eigenvalue weighted by Gasteiger charge is 2.37. The Labute approximate surface area is 185 Å². The first kappa shape index (κ1) is 22.6. The first-order chi connectivity index (χ1) is 14.8. The molecule has 0 spiro atoms. The molecule has 0 fully saturated rings. The summed E-state index contributed by atoms with van der Waals surface area (Å²) >= 11 is 1.59. The predicted octanol–water partition coefficient (Wildman–Crippen LogP) is 4.99. The zero-order valence-corrected chi connectivity index (χ0v) is 18.9. The lowest BCUT2D eigenvalue weighted by molar-refractivity contribution is -0.144. The van der Waals surface area contributed by atoms with Crippen molar-refractivity contribution in [3.8, 4) is 16.5 Å². The second-order valence-corrected chi connectivity index (χ2v) is 8.36. The van der Waals surface area contributed by atoms with Gasteiger partial charge in [-0.1, -0.05) is 23.4 Å². The van der Waals surface area contributed by atoms with E-state index in [2.05, 4.69) is 10.1 Å². The highest BCUT2D eigenvalue weighted by molar-refractivity contribution is 7.13. The number of oxazole rings is 1. The van der Waals surface area contributed by atoms with Gasteiger partial charge in [0.15, 0.2) is 0 Å². The molecule has 0 amide bonds. The van der Waals surface area contributed by atoms with Gasteiger partial charge in [-0.3, -0.25) is 4.79 Å². The molecule has 0 aliphatic heterocycles. The molecule has 0 bridgehead atoms. The first-order valence-electron chi connectivity index (χ1n) is 9.87. The first-order valence-corrected chi connectivity index (χ1v) is 10.7. The van der Waals surface area contributed by atoms with E-state index in [0.717, 1.165) is 21.9 Å². The fourth-order valence-corrected chi connectivity index (χ4v) is 3.79. The van der Waals surface area contributed by atoms with Crippen LogP contribution in [0.15, 0.2) is 51.4 Å². The summed E-state index contributed by atoms with van der Waals surface area (Å²) in [6.07, 6.45) is 0.928. The number of hydrogen-bond acceptors (Lipinski definition) is 7. The number of oxime groups is 1. The maximum absolute atomic E-state index is 11.8. The molecule has 1 N–H and O–H groups in total. The average molecular weight is 443 g/mol. The third kappa shape index (κ3) is 5.32. The van der Waals surface area contributed by atoms with Gasteiger partial charge in [0.2, 0.25) is 5.89 Å². The van der Waals surface area contributed by atoms with Crippen molar-refractivity contribution in [2.24, 2.45) is 10.6 Å². The summed E-state index contributed by atoms with van der Waals surface area (Å²) < 4.78 is 11.6. The molecule has 164 valence electrons. The third-order valence-electron chi connectivity index (χ3n) is 5.21. The van der Waals surface area contributed by atoms with Crippen molar-refractivity contribution in [2.75, 3.05) is 13.7 Å². The largest absolute Gasteiger partial charge is 0.493 e. The van der Waals surface area contributed by atoms with Crippen LogP contribution in [0.4, 0.5) is 0 Å². The molecule has 31 heavy (non-hydrogen) atoms. The summed E-state index contributed by atoms with van der Waals surface area (Å²) in [5, 5.41) is 15.5. The summed E-state index contributed by atoms with van der Waals surface area (Å²) in [4.78, 5) is 22.2. The number of ether oxygens (including phenoxy) is 1. The van der Waals surface area contributed by atoms with Gasteiger partial charge in [-0.2, -0.15) is 0 Å². The topological polar surface area (TPSA) is 94.2 Å². The number of aliphatic carboxylic acids is 1. The quantitative estimate of drug-likeness (QED) is 0.351. The number of rotatable bonds is 10. The molecular formula is C23H26N2O5S. The normalized spacial score (nSPS) is 13.6. The maximum atomic E-state index is 11.8. The maximum Gasteiger partial charge on any atom is 0.315 e. The molecule has 0 aliphatic carbocycles. The van der Waals surface area contributed by atoms with Crippen LogP contribution in [0, 0.1) is 12.3 Å². The Morgan fingerprint density at radius 2 is 2.03 bits per heavy atom. The van der Waals surface area contributed by atoms with Gasteiger partial charge in [0.05, 0.1) is 22.9 Å². The Hall–Kier alpha value is -3.13. The summed E-state index contributed by atoms with van der Waals surface area (Å²) in [5.74, 6) is 1.20. The number of carboxylic acids is 1. The van der Waals surface area contributed by atoms with Crippen LogP contribution in [-0.4, -0.2) is 35.5 Å². The molecule has 1 atom stereocenters. The molecule has 3 rings (SSSR count). The van der Waals surface area contributed by atoms with E-state index in [1.54, 1.807) is 25.2 Å². The Morgan fingerprint density at radius 1 is 1.29 bits per heavy atom. The summed E-state index contributed by atoms with van der Waals surface area (Å²) in [6, 6.07) is 11.4. The minimum absolute atomic E-state index is 0.297. The van der Waals surface area contributed by atoms with Gasteiger partial charge in [0.1, 0.15) is 24.0 Å². The van der Waals surface area contributed by atoms with Gasteiger partial charge >= 0.3 is 5.97 Å². The Balaban J connectivity index is 1.59. The van der Waals surface area contributed by atoms with Crippen LogP contribution in [0.25, 0.3) is 10.8 Å². The smallest absolute Gasteiger partial charge is 0.315 e. The number of nitrogens with zero attached hydrogens (tertiary/aromatic N) is 2. The van der Waals surface area contributed by atoms with Gasteiger partial charge < -0.3 is 19.1 Å². The van der Waals surface area contributed by atoms with Gasteiger partial charge in [-0.25, -0.2) is 4.98 Å². The molecule has 0 saturated carbocycles. The van der Waals surface area contributed by atoms with E-state index < -0.39 is 11.4 Å². The Kier molecular flexibility index (Phi) is 7.12. The molecule has 1 unspecified atom stereocenters. The number of hydrogen-bond donors (Lipinski definition) is 1. The number of carboxylic acid groups (broad SMARTS) is 1. The van der Waals surface area contributed by atoms with E-state index in [4.69, 9.17) is 14.0 Å². The van der Waals surface area contributed by atoms with Crippen molar-refractivity contribution in [2.45, 2.75) is 33.6 Å². The molecule has 2 aromatic heterocycles. The summed E-state index contributed by atoms with van der Waals surface area (Å²) in [7, 11) is 1.40. The standard InChI is InChI=1S/C23H26N2O5S/c1-15-19(24-21(30-15)20-6-5-13-31-20)11-12-29-18-9-7-17(8-10-18)14-23(3,22(26)27)16(2)25-28-4/h5-10,13H,11-12,14H2,1-4H3,(H,26,27). The van der Waals surface area contributed by atoms with Gasteiger partial charge in [-0.15, -0.1) is 11.3 Å². The molecule has 0 saturated heterocycles. The molecular weight excluding hydrogens is 416 g/mol. The van der Waals surface area contributed by atoms with Crippen LogP contribution < -0.4 is 4.74 Å². The van der Waals surface area contributed by atoms with E-state index >= 15 is 0 Å². The van der Waals surface area contributed by atoms with E-state index in [1.807, 2.05) is 48.7 Å². The molecule has 0 radical (unpaired) electrons. The van der Waals surface area contributed by atoms with Crippen LogP contribution in [0.1, 0.15) is 30.9 Å². The second kappa shape index (κ2) is 9.78. The van der Waals surface area contributed by atoms with E-state index in [-0.39, 0.29) is 0 Å². The number of benzene rings is 1. The minimum Gasteiger partial charge on any atom is -0.493 e. The zero-order chi connectivity index (χ0) is 22.4. The van der Waals surface area contributed by atoms with E-state index in [1.165, 1.54) is 7.11 Å². The highest BCUT2D eigenvalue weighted by atomic mass is 32.1. The SMILES string of the molecule is CON=C(C)C(C)(Cc1ccc(OCCc2nc(-c3cccs3)oc2C)cc1)C(=O)O. The fourth-order valence-electron chi connectivity index (χ4n) is 3.14. The van der Waals surface area contributed by atoms with Crippen LogP contribution in [0.2, 0.25) is 0 Å². The van der Waals surface area contributed by atoms with Gasteiger partial charge in [0.25, 0.3) is 0 Å². The molecule has 8 heteroatoms. The molecule has 2 heterocycles. The second-order valence-electron chi connectivity index (χ2n) is 7.41. The average Bonchev–Trinajstić information content (AvgIpc) is 3.39. The van der Waals surface area contributed by atoms with Crippen LogP contribution in [0.3, 0.4) is 0 Å². The van der Waals surface area contributed by atoms with Crippen molar-refractivity contribution in [3.05, 3.63) is 58.8 Å². The highest BCUT2D eigenvalue weighted by Crippen LogP contribution is 2.28. The zero-order valence-electron chi connectivity index (χ0n) is 18.0. The lowest BCUT2D eigenvalue weighted by Crippen LogP contribution is -2.37. The lowest BCUT2D eigenvalue weighted by Gasteiger charge is -2.24. The molecule has 1 aromatic carbocycles. The van der Waals surface area contributed by atoms with Gasteiger partial charge in [0, 0.05) is 6.42 Å². The van der Waals surface area contributed by atoms with Crippen LogP contribution >= 0.6 is 11.3 Å². The van der Waals surface area contributed by atoms with Gasteiger partial charge in [-0.05, 0) is 56.3 Å². The third-order valence-corrected chi connectivity index (χ3v) is 6.07. The van der Waals surface area contributed by atoms with Crippen molar-refractivity contribution in [1.29, 1.82) is 0 Å². The molecule has 7 nitrogen and oxygen atoms in total. The van der Waals surface area contributed by atoms with Crippen molar-refractivity contribution >= 4 is 23.0 Å². The number of thiophene rings is 1. The number of aryl methyl sites for hydroxylation is 1. The molecule has 3 aromatic rings. The van der Waals surface area contributed by atoms with Crippen LogP contribution in [-0.2, 0) is 22.5 Å². The Morgan fingerprint density at radius 3 is 2.65 bits per heavy atom. The summed E-state index contributed by atoms with van der Waals surface area (Å²) in [6.45, 7) is 5.67. The van der Waals surface area contributed by atoms with E-state index in [9.17, 15) is 9.90 Å².